The Hall–Kier alpha value is -1.66. The van der Waals surface area contributed by atoms with Crippen LogP contribution in [0, 0.1) is 10.1 Å². The van der Waals surface area contributed by atoms with Gasteiger partial charge in [0.2, 0.25) is 0 Å². The lowest BCUT2D eigenvalue weighted by Crippen LogP contribution is -2.45. The summed E-state index contributed by atoms with van der Waals surface area (Å²) in [6.45, 7) is 1.67. The standard InChI is InChI=1S/C12H15N3O3.ClH/c16-12(14-9-4-3-7-13-8-9)10-5-1-2-6-11(10)15(17)18;/h1-2,5-6,9,13H,3-4,7-8H2,(H,14,16);1H. The zero-order valence-electron chi connectivity index (χ0n) is 10.3. The SMILES string of the molecule is Cl.O=C(NC1CCCNC1)c1ccccc1[N+](=O)[O-]. The van der Waals surface area contributed by atoms with Crippen LogP contribution in [0.2, 0.25) is 0 Å². The van der Waals surface area contributed by atoms with Crippen LogP contribution in [0.1, 0.15) is 23.2 Å². The number of halogens is 1. The lowest BCUT2D eigenvalue weighted by Gasteiger charge is -2.23. The van der Waals surface area contributed by atoms with Gasteiger partial charge in [0.05, 0.1) is 4.92 Å². The fourth-order valence-corrected chi connectivity index (χ4v) is 2.06. The highest BCUT2D eigenvalue weighted by atomic mass is 35.5. The van der Waals surface area contributed by atoms with Crippen molar-refractivity contribution in [3.05, 3.63) is 39.9 Å². The number of nitrogens with one attached hydrogen (secondary N) is 2. The van der Waals surface area contributed by atoms with Gasteiger partial charge in [-0.05, 0) is 25.5 Å². The number of carbonyl (C=O) groups is 1. The monoisotopic (exact) mass is 285 g/mol. The lowest BCUT2D eigenvalue weighted by atomic mass is 10.1. The van der Waals surface area contributed by atoms with Crippen LogP contribution in [0.15, 0.2) is 24.3 Å². The molecule has 0 radical (unpaired) electrons. The van der Waals surface area contributed by atoms with Gasteiger partial charge in [-0.3, -0.25) is 14.9 Å². The molecule has 0 saturated carbocycles. The summed E-state index contributed by atoms with van der Waals surface area (Å²) < 4.78 is 0. The molecule has 1 fully saturated rings. The van der Waals surface area contributed by atoms with Crippen LogP contribution in [0.3, 0.4) is 0 Å². The molecule has 1 unspecified atom stereocenters. The molecule has 104 valence electrons. The molecule has 1 aromatic carbocycles. The van der Waals surface area contributed by atoms with Crippen molar-refractivity contribution in [3.8, 4) is 0 Å². The first-order valence-corrected chi connectivity index (χ1v) is 5.93. The predicted octanol–water partition coefficient (Wildman–Crippen LogP) is 1.50. The summed E-state index contributed by atoms with van der Waals surface area (Å²) in [6, 6.07) is 6.04. The molecule has 1 aromatic rings. The molecule has 6 nitrogen and oxygen atoms in total. The van der Waals surface area contributed by atoms with Gasteiger partial charge in [0, 0.05) is 18.7 Å². The summed E-state index contributed by atoms with van der Waals surface area (Å²) in [5.41, 5.74) is -0.0353. The topological polar surface area (TPSA) is 84.3 Å². The van der Waals surface area contributed by atoms with Crippen LogP contribution in [0.4, 0.5) is 5.69 Å². The van der Waals surface area contributed by atoms with E-state index in [4.69, 9.17) is 0 Å². The smallest absolute Gasteiger partial charge is 0.282 e. The van der Waals surface area contributed by atoms with Gasteiger partial charge >= 0.3 is 0 Å². The predicted molar refractivity (Wildman–Crippen MR) is 73.7 cm³/mol. The molecular weight excluding hydrogens is 270 g/mol. The van der Waals surface area contributed by atoms with E-state index in [0.29, 0.717) is 6.54 Å². The van der Waals surface area contributed by atoms with E-state index in [1.165, 1.54) is 12.1 Å². The molecule has 0 bridgehead atoms. The highest BCUT2D eigenvalue weighted by Gasteiger charge is 2.22. The summed E-state index contributed by atoms with van der Waals surface area (Å²) in [4.78, 5) is 22.3. The molecule has 2 N–H and O–H groups in total. The first-order valence-electron chi connectivity index (χ1n) is 5.93. The van der Waals surface area contributed by atoms with Crippen LogP contribution in [-0.4, -0.2) is 30.0 Å². The van der Waals surface area contributed by atoms with E-state index in [0.717, 1.165) is 19.4 Å². The minimum Gasteiger partial charge on any atom is -0.348 e. The normalized spacial score (nSPS) is 18.2. The Morgan fingerprint density at radius 3 is 2.79 bits per heavy atom. The van der Waals surface area contributed by atoms with Crippen LogP contribution < -0.4 is 10.6 Å². The second kappa shape index (κ2) is 7.06. The number of nitro benzene ring substituents is 1. The van der Waals surface area contributed by atoms with Gasteiger partial charge in [-0.1, -0.05) is 12.1 Å². The Morgan fingerprint density at radius 2 is 2.16 bits per heavy atom. The van der Waals surface area contributed by atoms with Gasteiger partial charge in [0.1, 0.15) is 5.56 Å². The Bertz CT molecular complexity index is 461. The van der Waals surface area contributed by atoms with E-state index < -0.39 is 4.92 Å². The zero-order chi connectivity index (χ0) is 13.0. The second-order valence-corrected chi connectivity index (χ2v) is 4.29. The molecule has 1 saturated heterocycles. The Balaban J connectivity index is 0.00000180. The summed E-state index contributed by atoms with van der Waals surface area (Å²) in [5.74, 6) is -0.379. The van der Waals surface area contributed by atoms with Gasteiger partial charge in [-0.2, -0.15) is 0 Å². The number of nitrogens with zero attached hydrogens (tertiary/aromatic N) is 1. The molecular formula is C12H16ClN3O3. The fourth-order valence-electron chi connectivity index (χ4n) is 2.06. The fraction of sp³-hybridized carbons (Fsp3) is 0.417. The summed E-state index contributed by atoms with van der Waals surface area (Å²) in [7, 11) is 0. The van der Waals surface area contributed by atoms with Gasteiger partial charge in [-0.25, -0.2) is 0 Å². The van der Waals surface area contributed by atoms with Crippen molar-refractivity contribution in [2.45, 2.75) is 18.9 Å². The maximum absolute atomic E-state index is 12.0. The third-order valence-electron chi connectivity index (χ3n) is 2.98. The van der Waals surface area contributed by atoms with E-state index >= 15 is 0 Å². The van der Waals surface area contributed by atoms with Crippen LogP contribution >= 0.6 is 12.4 Å². The number of para-hydroxylation sites is 1. The number of nitro groups is 1. The van der Waals surface area contributed by atoms with Crippen molar-refractivity contribution < 1.29 is 9.72 Å². The third kappa shape index (κ3) is 3.90. The molecule has 0 aromatic heterocycles. The molecule has 1 heterocycles. The van der Waals surface area contributed by atoms with E-state index in [1.807, 2.05) is 0 Å². The third-order valence-corrected chi connectivity index (χ3v) is 2.98. The summed E-state index contributed by atoms with van der Waals surface area (Å²) in [5, 5.41) is 16.8. The van der Waals surface area contributed by atoms with Crippen LogP contribution in [0.25, 0.3) is 0 Å². The maximum atomic E-state index is 12.0. The first kappa shape index (κ1) is 15.4. The van der Waals surface area contributed by atoms with Gasteiger partial charge in [0.25, 0.3) is 11.6 Å². The number of hydrogen-bond acceptors (Lipinski definition) is 4. The Morgan fingerprint density at radius 1 is 1.42 bits per heavy atom. The van der Waals surface area contributed by atoms with E-state index in [9.17, 15) is 14.9 Å². The van der Waals surface area contributed by atoms with E-state index in [-0.39, 0.29) is 35.6 Å². The Labute approximate surface area is 117 Å². The zero-order valence-corrected chi connectivity index (χ0v) is 11.1. The maximum Gasteiger partial charge on any atom is 0.282 e. The molecule has 19 heavy (non-hydrogen) atoms. The van der Waals surface area contributed by atoms with Crippen LogP contribution in [0.5, 0.6) is 0 Å². The van der Waals surface area contributed by atoms with E-state index in [1.54, 1.807) is 12.1 Å². The van der Waals surface area contributed by atoms with Crippen molar-refractivity contribution in [3.63, 3.8) is 0 Å². The van der Waals surface area contributed by atoms with Crippen molar-refractivity contribution >= 4 is 24.0 Å². The quantitative estimate of drug-likeness (QED) is 0.651. The number of carbonyl (C=O) groups excluding carboxylic acids is 1. The Kier molecular flexibility index (Phi) is 5.72. The van der Waals surface area contributed by atoms with Crippen molar-refractivity contribution in [1.29, 1.82) is 0 Å². The molecule has 1 atom stereocenters. The van der Waals surface area contributed by atoms with Crippen molar-refractivity contribution in [1.82, 2.24) is 10.6 Å². The number of benzene rings is 1. The van der Waals surface area contributed by atoms with Gasteiger partial charge < -0.3 is 10.6 Å². The largest absolute Gasteiger partial charge is 0.348 e. The number of piperidine rings is 1. The molecule has 0 spiro atoms. The molecule has 7 heteroatoms. The second-order valence-electron chi connectivity index (χ2n) is 4.29. The molecule has 2 rings (SSSR count). The number of amides is 1. The molecule has 1 aliphatic rings. The first-order chi connectivity index (χ1) is 8.68. The summed E-state index contributed by atoms with van der Waals surface area (Å²) >= 11 is 0. The van der Waals surface area contributed by atoms with Crippen molar-refractivity contribution in [2.24, 2.45) is 0 Å². The molecule has 1 amide bonds. The average Bonchev–Trinajstić information content (AvgIpc) is 2.40. The van der Waals surface area contributed by atoms with Gasteiger partial charge in [0.15, 0.2) is 0 Å². The highest BCUT2D eigenvalue weighted by molar-refractivity contribution is 5.98. The van der Waals surface area contributed by atoms with Crippen molar-refractivity contribution in [2.75, 3.05) is 13.1 Å². The lowest BCUT2D eigenvalue weighted by molar-refractivity contribution is -0.385. The van der Waals surface area contributed by atoms with Gasteiger partial charge in [-0.15, -0.1) is 12.4 Å². The average molecular weight is 286 g/mol. The molecule has 1 aliphatic heterocycles. The minimum absolute atomic E-state index is 0. The molecule has 0 aliphatic carbocycles. The van der Waals surface area contributed by atoms with E-state index in [2.05, 4.69) is 10.6 Å². The summed E-state index contributed by atoms with van der Waals surface area (Å²) in [6.07, 6.45) is 1.90. The van der Waals surface area contributed by atoms with Crippen LogP contribution in [-0.2, 0) is 0 Å². The number of hydrogen-bond donors (Lipinski definition) is 2. The minimum atomic E-state index is -0.534. The number of rotatable bonds is 3. The highest BCUT2D eigenvalue weighted by Crippen LogP contribution is 2.17.